The Hall–Kier alpha value is -2.38. The molecule has 8 nitrogen and oxygen atoms in total. The van der Waals surface area contributed by atoms with Crippen molar-refractivity contribution in [3.8, 4) is 11.6 Å². The highest BCUT2D eigenvalue weighted by Gasteiger charge is 2.24. The number of hydrogen-bond acceptors (Lipinski definition) is 6. The fourth-order valence-electron chi connectivity index (χ4n) is 2.17. The van der Waals surface area contributed by atoms with E-state index in [-0.39, 0.29) is 12.1 Å². The molecule has 0 bridgehead atoms. The highest BCUT2D eigenvalue weighted by atomic mass is 16.6. The first-order chi connectivity index (χ1) is 11.1. The monoisotopic (exact) mass is 335 g/mol. The number of likely N-dealkylation sites (N-methyl/N-ethyl adjacent to an activating group) is 1. The molecule has 2 aromatic rings. The Balaban J connectivity index is 2.04. The second-order valence-corrected chi connectivity index (χ2v) is 6.95. The lowest BCUT2D eigenvalue weighted by molar-refractivity contribution is 0.0234. The molecule has 132 valence electrons. The van der Waals surface area contributed by atoms with E-state index in [0.29, 0.717) is 18.1 Å². The van der Waals surface area contributed by atoms with Crippen molar-refractivity contribution in [2.24, 2.45) is 7.05 Å². The van der Waals surface area contributed by atoms with E-state index in [1.54, 1.807) is 11.7 Å². The topological polar surface area (TPSA) is 86.3 Å². The van der Waals surface area contributed by atoms with Crippen molar-refractivity contribution in [1.29, 1.82) is 0 Å². The second kappa shape index (κ2) is 6.62. The molecule has 2 rings (SSSR count). The first kappa shape index (κ1) is 18.0. The number of ether oxygens (including phenoxy) is 1. The molecule has 0 aliphatic carbocycles. The number of amides is 1. The number of nitrogens with zero attached hydrogens (tertiary/aromatic N) is 5. The molecule has 0 unspecified atom stereocenters. The predicted octanol–water partition coefficient (Wildman–Crippen LogP) is 2.58. The smallest absolute Gasteiger partial charge is 0.410 e. The summed E-state index contributed by atoms with van der Waals surface area (Å²) in [5.41, 5.74) is 1.12. The minimum Gasteiger partial charge on any atom is -0.444 e. The zero-order chi connectivity index (χ0) is 18.1. The summed E-state index contributed by atoms with van der Waals surface area (Å²) in [5.74, 6) is 0.951. The molecule has 0 radical (unpaired) electrons. The van der Waals surface area contributed by atoms with Crippen LogP contribution >= 0.6 is 0 Å². The van der Waals surface area contributed by atoms with Gasteiger partial charge in [-0.05, 0) is 40.7 Å². The molecule has 24 heavy (non-hydrogen) atoms. The number of carbonyl (C=O) groups is 1. The summed E-state index contributed by atoms with van der Waals surface area (Å²) in [6.45, 7) is 9.33. The van der Waals surface area contributed by atoms with Crippen molar-refractivity contribution < 1.29 is 14.1 Å². The molecule has 0 aliphatic rings. The van der Waals surface area contributed by atoms with Crippen molar-refractivity contribution >= 4 is 6.09 Å². The van der Waals surface area contributed by atoms with Crippen LogP contribution in [0.1, 0.15) is 39.2 Å². The third kappa shape index (κ3) is 4.33. The van der Waals surface area contributed by atoms with Crippen LogP contribution in [0.4, 0.5) is 4.79 Å². The molecule has 0 fully saturated rings. The van der Waals surface area contributed by atoms with E-state index in [2.05, 4.69) is 15.2 Å². The molecule has 0 N–H and O–H groups in total. The summed E-state index contributed by atoms with van der Waals surface area (Å²) >= 11 is 0. The van der Waals surface area contributed by atoms with Gasteiger partial charge in [0.2, 0.25) is 0 Å². The summed E-state index contributed by atoms with van der Waals surface area (Å²) in [4.78, 5) is 18.0. The van der Waals surface area contributed by atoms with E-state index in [1.165, 1.54) is 4.90 Å². The van der Waals surface area contributed by atoms with Gasteiger partial charge in [-0.2, -0.15) is 10.1 Å². The van der Waals surface area contributed by atoms with Crippen LogP contribution in [-0.4, -0.2) is 49.6 Å². The van der Waals surface area contributed by atoms with Crippen LogP contribution in [0.2, 0.25) is 0 Å². The van der Waals surface area contributed by atoms with Crippen LogP contribution in [0, 0.1) is 6.92 Å². The van der Waals surface area contributed by atoms with Gasteiger partial charge in [0, 0.05) is 26.6 Å². The number of rotatable bonds is 4. The molecule has 1 amide bonds. The minimum atomic E-state index is -0.526. The fraction of sp³-hybridized carbons (Fsp3) is 0.625. The van der Waals surface area contributed by atoms with Crippen molar-refractivity contribution in [2.75, 3.05) is 7.05 Å². The Morgan fingerprint density at radius 2 is 2.12 bits per heavy atom. The molecule has 0 saturated carbocycles. The lowest BCUT2D eigenvalue weighted by atomic mass is 10.2. The summed E-state index contributed by atoms with van der Waals surface area (Å²) in [6.07, 6.45) is 0.0942. The Kier molecular flexibility index (Phi) is 4.96. The second-order valence-electron chi connectivity index (χ2n) is 6.95. The maximum absolute atomic E-state index is 12.1. The van der Waals surface area contributed by atoms with E-state index in [1.807, 2.05) is 47.7 Å². The van der Waals surface area contributed by atoms with E-state index in [0.717, 1.165) is 11.4 Å². The standard InChI is InChI=1S/C16H25N5O3/c1-10-8-12(21(7)18-10)14-17-13(19-24-14)9-11(2)20(6)15(22)23-16(3,4)5/h8,11H,9H2,1-7H3/t11-/m1/s1. The van der Waals surface area contributed by atoms with E-state index in [4.69, 9.17) is 9.26 Å². The van der Waals surface area contributed by atoms with Crippen LogP contribution in [0.3, 0.4) is 0 Å². The third-order valence-corrected chi connectivity index (χ3v) is 3.51. The van der Waals surface area contributed by atoms with Gasteiger partial charge in [-0.25, -0.2) is 4.79 Å². The quantitative estimate of drug-likeness (QED) is 0.853. The maximum atomic E-state index is 12.1. The van der Waals surface area contributed by atoms with Gasteiger partial charge in [-0.15, -0.1) is 0 Å². The van der Waals surface area contributed by atoms with Crippen LogP contribution < -0.4 is 0 Å². The van der Waals surface area contributed by atoms with Gasteiger partial charge in [0.15, 0.2) is 5.82 Å². The fourth-order valence-corrected chi connectivity index (χ4v) is 2.17. The van der Waals surface area contributed by atoms with Crippen molar-refractivity contribution in [2.45, 2.75) is 52.7 Å². The normalized spacial score (nSPS) is 13.0. The minimum absolute atomic E-state index is 0.126. The van der Waals surface area contributed by atoms with Crippen molar-refractivity contribution in [3.63, 3.8) is 0 Å². The molecule has 0 spiro atoms. The van der Waals surface area contributed by atoms with Crippen LogP contribution in [0.15, 0.2) is 10.6 Å². The van der Waals surface area contributed by atoms with E-state index in [9.17, 15) is 4.79 Å². The Morgan fingerprint density at radius 1 is 1.46 bits per heavy atom. The van der Waals surface area contributed by atoms with Crippen LogP contribution in [-0.2, 0) is 18.2 Å². The first-order valence-electron chi connectivity index (χ1n) is 7.86. The van der Waals surface area contributed by atoms with Gasteiger partial charge in [-0.1, -0.05) is 5.16 Å². The molecule has 0 saturated heterocycles. The van der Waals surface area contributed by atoms with Gasteiger partial charge >= 0.3 is 6.09 Å². The zero-order valence-electron chi connectivity index (χ0n) is 15.3. The Bertz CT molecular complexity index is 714. The van der Waals surface area contributed by atoms with Crippen LogP contribution in [0.25, 0.3) is 11.6 Å². The predicted molar refractivity (Wildman–Crippen MR) is 88.4 cm³/mol. The number of aromatic nitrogens is 4. The van der Waals surface area contributed by atoms with E-state index < -0.39 is 5.60 Å². The highest BCUT2D eigenvalue weighted by molar-refractivity contribution is 5.68. The number of hydrogen-bond donors (Lipinski definition) is 0. The lowest BCUT2D eigenvalue weighted by Crippen LogP contribution is -2.40. The molecule has 2 aromatic heterocycles. The Labute approximate surface area is 141 Å². The van der Waals surface area contributed by atoms with Crippen molar-refractivity contribution in [3.05, 3.63) is 17.6 Å². The number of aryl methyl sites for hydroxylation is 2. The molecular weight excluding hydrogens is 310 g/mol. The molecule has 0 aliphatic heterocycles. The summed E-state index contributed by atoms with van der Waals surface area (Å²) < 4.78 is 12.4. The molecule has 0 aromatic carbocycles. The van der Waals surface area contributed by atoms with Gasteiger partial charge in [-0.3, -0.25) is 4.68 Å². The molecule has 8 heteroatoms. The average molecular weight is 335 g/mol. The summed E-state index contributed by atoms with van der Waals surface area (Å²) in [5, 5.41) is 8.26. The SMILES string of the molecule is Cc1cc(-c2nc(C[C@@H](C)N(C)C(=O)OC(C)(C)C)no2)n(C)n1. The Morgan fingerprint density at radius 3 is 2.67 bits per heavy atom. The zero-order valence-corrected chi connectivity index (χ0v) is 15.3. The molecule has 1 atom stereocenters. The maximum Gasteiger partial charge on any atom is 0.410 e. The number of carbonyl (C=O) groups excluding carboxylic acids is 1. The van der Waals surface area contributed by atoms with Gasteiger partial charge in [0.1, 0.15) is 11.3 Å². The highest BCUT2D eigenvalue weighted by Crippen LogP contribution is 2.18. The van der Waals surface area contributed by atoms with Gasteiger partial charge in [0.05, 0.1) is 5.69 Å². The van der Waals surface area contributed by atoms with Crippen LogP contribution in [0.5, 0.6) is 0 Å². The first-order valence-corrected chi connectivity index (χ1v) is 7.86. The molecular formula is C16H25N5O3. The van der Waals surface area contributed by atoms with Crippen molar-refractivity contribution in [1.82, 2.24) is 24.8 Å². The summed E-state index contributed by atoms with van der Waals surface area (Å²) in [6, 6.07) is 1.76. The average Bonchev–Trinajstić information content (AvgIpc) is 3.02. The largest absolute Gasteiger partial charge is 0.444 e. The van der Waals surface area contributed by atoms with E-state index >= 15 is 0 Å². The summed E-state index contributed by atoms with van der Waals surface area (Å²) in [7, 11) is 3.52. The van der Waals surface area contributed by atoms with Gasteiger partial charge in [0.25, 0.3) is 5.89 Å². The third-order valence-electron chi connectivity index (χ3n) is 3.51. The van der Waals surface area contributed by atoms with Gasteiger partial charge < -0.3 is 14.2 Å². The lowest BCUT2D eigenvalue weighted by Gasteiger charge is -2.28. The molecule has 2 heterocycles.